The van der Waals surface area contributed by atoms with E-state index < -0.39 is 0 Å². The van der Waals surface area contributed by atoms with Gasteiger partial charge >= 0.3 is 5.97 Å². The summed E-state index contributed by atoms with van der Waals surface area (Å²) in [5, 5.41) is 4.26. The Labute approximate surface area is 159 Å². The zero-order valence-electron chi connectivity index (χ0n) is 15.7. The number of aromatic nitrogens is 1. The SMILES string of the molecule is CCOC(=O)c1cnc2ccc(OCC)cc2c1NCCc1ccccc1. The van der Waals surface area contributed by atoms with Gasteiger partial charge in [0.25, 0.3) is 0 Å². The van der Waals surface area contributed by atoms with Crippen molar-refractivity contribution < 1.29 is 14.3 Å². The van der Waals surface area contributed by atoms with Gasteiger partial charge in [-0.2, -0.15) is 0 Å². The van der Waals surface area contributed by atoms with Crippen molar-refractivity contribution in [2.75, 3.05) is 25.1 Å². The number of esters is 1. The fourth-order valence-electron chi connectivity index (χ4n) is 2.96. The van der Waals surface area contributed by atoms with Crippen molar-refractivity contribution in [1.29, 1.82) is 0 Å². The summed E-state index contributed by atoms with van der Waals surface area (Å²) in [5.74, 6) is 0.370. The lowest BCUT2D eigenvalue weighted by atomic mass is 10.1. The summed E-state index contributed by atoms with van der Waals surface area (Å²) in [7, 11) is 0. The number of anilines is 1. The number of rotatable bonds is 8. The fraction of sp³-hybridized carbons (Fsp3) is 0.273. The normalized spacial score (nSPS) is 10.6. The smallest absolute Gasteiger partial charge is 0.341 e. The Morgan fingerprint density at radius 3 is 2.63 bits per heavy atom. The van der Waals surface area contributed by atoms with Gasteiger partial charge in [-0.3, -0.25) is 4.98 Å². The second kappa shape index (κ2) is 9.03. The van der Waals surface area contributed by atoms with Crippen molar-refractivity contribution in [1.82, 2.24) is 4.98 Å². The highest BCUT2D eigenvalue weighted by Gasteiger charge is 2.17. The average molecular weight is 364 g/mol. The molecule has 0 unspecified atom stereocenters. The van der Waals surface area contributed by atoms with E-state index in [-0.39, 0.29) is 5.97 Å². The number of benzene rings is 2. The Kier molecular flexibility index (Phi) is 6.26. The number of pyridine rings is 1. The first-order valence-corrected chi connectivity index (χ1v) is 9.23. The van der Waals surface area contributed by atoms with Crippen molar-refractivity contribution in [3.05, 3.63) is 65.9 Å². The van der Waals surface area contributed by atoms with Gasteiger partial charge in [0.2, 0.25) is 0 Å². The van der Waals surface area contributed by atoms with Crippen molar-refractivity contribution in [3.63, 3.8) is 0 Å². The summed E-state index contributed by atoms with van der Waals surface area (Å²) in [4.78, 5) is 16.8. The summed E-state index contributed by atoms with van der Waals surface area (Å²) in [6.45, 7) is 5.32. The van der Waals surface area contributed by atoms with E-state index in [4.69, 9.17) is 9.47 Å². The molecule has 0 aliphatic carbocycles. The summed E-state index contributed by atoms with van der Waals surface area (Å²) < 4.78 is 10.8. The quantitative estimate of drug-likeness (QED) is 0.598. The molecule has 0 aliphatic rings. The maximum absolute atomic E-state index is 12.4. The van der Waals surface area contributed by atoms with E-state index in [1.54, 1.807) is 13.1 Å². The topological polar surface area (TPSA) is 60.5 Å². The number of carbonyl (C=O) groups is 1. The highest BCUT2D eigenvalue weighted by Crippen LogP contribution is 2.30. The maximum atomic E-state index is 12.4. The van der Waals surface area contributed by atoms with E-state index in [1.165, 1.54) is 5.56 Å². The first kappa shape index (κ1) is 18.7. The fourth-order valence-corrected chi connectivity index (χ4v) is 2.96. The molecule has 0 fully saturated rings. The van der Waals surface area contributed by atoms with Gasteiger partial charge in [0, 0.05) is 18.1 Å². The number of nitrogens with one attached hydrogen (secondary N) is 1. The van der Waals surface area contributed by atoms with Crippen LogP contribution in [0.4, 0.5) is 5.69 Å². The maximum Gasteiger partial charge on any atom is 0.341 e. The van der Waals surface area contributed by atoms with Crippen LogP contribution in [-0.4, -0.2) is 30.7 Å². The van der Waals surface area contributed by atoms with Crippen LogP contribution in [0.15, 0.2) is 54.7 Å². The third kappa shape index (κ3) is 4.56. The molecule has 0 bridgehead atoms. The van der Waals surface area contributed by atoms with Gasteiger partial charge in [-0.1, -0.05) is 30.3 Å². The number of carbonyl (C=O) groups excluding carboxylic acids is 1. The van der Waals surface area contributed by atoms with Crippen LogP contribution in [0.1, 0.15) is 29.8 Å². The molecule has 0 radical (unpaired) electrons. The van der Waals surface area contributed by atoms with Crippen molar-refractivity contribution >= 4 is 22.6 Å². The second-order valence-corrected chi connectivity index (χ2v) is 6.04. The molecule has 5 heteroatoms. The highest BCUT2D eigenvalue weighted by molar-refractivity contribution is 6.05. The van der Waals surface area contributed by atoms with Crippen LogP contribution >= 0.6 is 0 Å². The summed E-state index contributed by atoms with van der Waals surface area (Å²) in [6, 6.07) is 15.9. The van der Waals surface area contributed by atoms with Gasteiger partial charge in [0.1, 0.15) is 11.3 Å². The third-order valence-electron chi connectivity index (χ3n) is 4.20. The molecule has 1 aromatic heterocycles. The lowest BCUT2D eigenvalue weighted by Crippen LogP contribution is -2.13. The van der Waals surface area contributed by atoms with Gasteiger partial charge in [-0.05, 0) is 44.0 Å². The van der Waals surface area contributed by atoms with E-state index in [0.717, 1.165) is 28.8 Å². The predicted molar refractivity (Wildman–Crippen MR) is 108 cm³/mol. The zero-order valence-corrected chi connectivity index (χ0v) is 15.7. The number of ether oxygens (including phenoxy) is 2. The van der Waals surface area contributed by atoms with Crippen LogP contribution in [0.5, 0.6) is 5.75 Å². The van der Waals surface area contributed by atoms with Crippen LogP contribution in [0.3, 0.4) is 0 Å². The number of nitrogens with zero attached hydrogens (tertiary/aromatic N) is 1. The Morgan fingerprint density at radius 2 is 1.89 bits per heavy atom. The van der Waals surface area contributed by atoms with E-state index in [2.05, 4.69) is 22.4 Å². The molecule has 27 heavy (non-hydrogen) atoms. The molecule has 140 valence electrons. The van der Waals surface area contributed by atoms with Crippen LogP contribution in [-0.2, 0) is 11.2 Å². The molecule has 0 spiro atoms. The van der Waals surface area contributed by atoms with E-state index in [9.17, 15) is 4.79 Å². The molecule has 0 saturated carbocycles. The Morgan fingerprint density at radius 1 is 1.07 bits per heavy atom. The Bertz CT molecular complexity index is 910. The molecule has 0 aliphatic heterocycles. The van der Waals surface area contributed by atoms with Crippen LogP contribution in [0, 0.1) is 0 Å². The Balaban J connectivity index is 1.94. The van der Waals surface area contributed by atoms with Gasteiger partial charge in [0.15, 0.2) is 0 Å². The molecule has 3 rings (SSSR count). The zero-order chi connectivity index (χ0) is 19.1. The van der Waals surface area contributed by atoms with E-state index in [1.807, 2.05) is 43.3 Å². The first-order valence-electron chi connectivity index (χ1n) is 9.23. The van der Waals surface area contributed by atoms with Crippen LogP contribution < -0.4 is 10.1 Å². The molecule has 0 atom stereocenters. The summed E-state index contributed by atoms with van der Waals surface area (Å²) in [5.41, 5.74) is 3.20. The van der Waals surface area contributed by atoms with Gasteiger partial charge in [0.05, 0.1) is 24.4 Å². The Hall–Kier alpha value is -3.08. The highest BCUT2D eigenvalue weighted by atomic mass is 16.5. The van der Waals surface area contributed by atoms with Crippen molar-refractivity contribution in [2.45, 2.75) is 20.3 Å². The van der Waals surface area contributed by atoms with Gasteiger partial charge in [-0.25, -0.2) is 4.79 Å². The minimum absolute atomic E-state index is 0.319. The average Bonchev–Trinajstić information content (AvgIpc) is 2.69. The number of fused-ring (bicyclic) bond motifs is 1. The minimum Gasteiger partial charge on any atom is -0.494 e. The van der Waals surface area contributed by atoms with Gasteiger partial charge in [-0.15, -0.1) is 0 Å². The summed E-state index contributed by atoms with van der Waals surface area (Å²) >= 11 is 0. The monoisotopic (exact) mass is 364 g/mol. The molecule has 1 heterocycles. The molecule has 0 amide bonds. The van der Waals surface area contributed by atoms with Crippen molar-refractivity contribution in [3.8, 4) is 5.75 Å². The molecule has 0 saturated heterocycles. The second-order valence-electron chi connectivity index (χ2n) is 6.04. The standard InChI is InChI=1S/C22H24N2O3/c1-3-26-17-10-11-20-18(14-17)21(19(15-24-20)22(25)27-4-2)23-13-12-16-8-6-5-7-9-16/h5-11,14-15H,3-4,12-13H2,1-2H3,(H,23,24). The number of hydrogen-bond donors (Lipinski definition) is 1. The molecule has 3 aromatic rings. The van der Waals surface area contributed by atoms with E-state index >= 15 is 0 Å². The lowest BCUT2D eigenvalue weighted by molar-refractivity contribution is 0.0527. The van der Waals surface area contributed by atoms with Gasteiger partial charge < -0.3 is 14.8 Å². The lowest BCUT2D eigenvalue weighted by Gasteiger charge is -2.15. The van der Waals surface area contributed by atoms with E-state index in [0.29, 0.717) is 25.3 Å². The largest absolute Gasteiger partial charge is 0.494 e. The summed E-state index contributed by atoms with van der Waals surface area (Å²) in [6.07, 6.45) is 2.42. The third-order valence-corrected chi connectivity index (χ3v) is 4.20. The van der Waals surface area contributed by atoms with Crippen LogP contribution in [0.25, 0.3) is 10.9 Å². The van der Waals surface area contributed by atoms with Crippen LogP contribution in [0.2, 0.25) is 0 Å². The van der Waals surface area contributed by atoms with Crippen molar-refractivity contribution in [2.24, 2.45) is 0 Å². The molecule has 5 nitrogen and oxygen atoms in total. The molecule has 1 N–H and O–H groups in total. The first-order chi connectivity index (χ1) is 13.2. The number of hydrogen-bond acceptors (Lipinski definition) is 5. The predicted octanol–water partition coefficient (Wildman–Crippen LogP) is 4.46. The molecular formula is C22H24N2O3. The minimum atomic E-state index is -0.379. The molecule has 2 aromatic carbocycles. The molecular weight excluding hydrogens is 340 g/mol.